The highest BCUT2D eigenvalue weighted by Crippen LogP contribution is 2.24. The largest absolute Gasteiger partial charge is 0.393 e. The van der Waals surface area contributed by atoms with E-state index in [9.17, 15) is 5.11 Å². The van der Waals surface area contributed by atoms with Crippen LogP contribution in [0.4, 0.5) is 0 Å². The lowest BCUT2D eigenvalue weighted by Gasteiger charge is -2.34. The fourth-order valence-electron chi connectivity index (χ4n) is 2.19. The molecular weight excluding hydrogens is 186 g/mol. The van der Waals surface area contributed by atoms with E-state index in [2.05, 4.69) is 25.7 Å². The van der Waals surface area contributed by atoms with Gasteiger partial charge in [-0.05, 0) is 45.2 Å². The summed E-state index contributed by atoms with van der Waals surface area (Å²) in [6.07, 6.45) is 3.77. The second-order valence-electron chi connectivity index (χ2n) is 5.98. The van der Waals surface area contributed by atoms with Gasteiger partial charge in [-0.2, -0.15) is 0 Å². The average molecular weight is 213 g/mol. The van der Waals surface area contributed by atoms with Crippen LogP contribution >= 0.6 is 0 Å². The minimum absolute atomic E-state index is 0.0214. The van der Waals surface area contributed by atoms with Crippen LogP contribution in [0.3, 0.4) is 0 Å². The van der Waals surface area contributed by atoms with Gasteiger partial charge in [0.1, 0.15) is 0 Å². The molecule has 0 aromatic carbocycles. The van der Waals surface area contributed by atoms with Crippen molar-refractivity contribution in [1.29, 1.82) is 0 Å². The van der Waals surface area contributed by atoms with E-state index in [4.69, 9.17) is 0 Å². The number of aliphatic hydroxyl groups is 1. The normalized spacial score (nSPS) is 27.4. The molecule has 0 aromatic rings. The highest BCUT2D eigenvalue weighted by atomic mass is 16.3. The molecule has 1 heterocycles. The number of aliphatic hydroxyl groups excluding tert-OH is 1. The first kappa shape index (κ1) is 13.0. The van der Waals surface area contributed by atoms with Gasteiger partial charge < -0.3 is 10.0 Å². The monoisotopic (exact) mass is 213 g/mol. The van der Waals surface area contributed by atoms with Gasteiger partial charge in [-0.25, -0.2) is 0 Å². The maximum Gasteiger partial charge on any atom is 0.0575 e. The fourth-order valence-corrected chi connectivity index (χ4v) is 2.19. The van der Waals surface area contributed by atoms with Gasteiger partial charge in [-0.3, -0.25) is 0 Å². The summed E-state index contributed by atoms with van der Waals surface area (Å²) in [5.74, 6) is 0.879. The van der Waals surface area contributed by atoms with Crippen LogP contribution in [0.2, 0.25) is 0 Å². The second kappa shape index (κ2) is 5.31. The van der Waals surface area contributed by atoms with Gasteiger partial charge in [0.05, 0.1) is 6.10 Å². The Morgan fingerprint density at radius 3 is 2.60 bits per heavy atom. The van der Waals surface area contributed by atoms with E-state index >= 15 is 0 Å². The van der Waals surface area contributed by atoms with Crippen LogP contribution in [0.15, 0.2) is 0 Å². The molecule has 1 N–H and O–H groups in total. The molecule has 0 spiro atoms. The number of likely N-dealkylation sites (tertiary alicyclic amines) is 1. The predicted octanol–water partition coefficient (Wildman–Crippen LogP) is 2.52. The van der Waals surface area contributed by atoms with Gasteiger partial charge in [0.25, 0.3) is 0 Å². The number of hydrogen-bond donors (Lipinski definition) is 1. The molecule has 0 bridgehead atoms. The van der Waals surface area contributed by atoms with Crippen molar-refractivity contribution in [3.8, 4) is 0 Å². The molecule has 2 heteroatoms. The molecule has 2 nitrogen and oxygen atoms in total. The third kappa shape index (κ3) is 4.12. The number of hydrogen-bond acceptors (Lipinski definition) is 2. The van der Waals surface area contributed by atoms with Gasteiger partial charge in [0, 0.05) is 12.0 Å². The van der Waals surface area contributed by atoms with E-state index in [-0.39, 0.29) is 11.5 Å². The quantitative estimate of drug-likeness (QED) is 0.778. The molecule has 1 aliphatic heterocycles. The predicted molar refractivity (Wildman–Crippen MR) is 64.9 cm³/mol. The molecule has 0 saturated carbocycles. The van der Waals surface area contributed by atoms with E-state index in [0.29, 0.717) is 0 Å². The lowest BCUT2D eigenvalue weighted by Crippen LogP contribution is -2.40. The molecule has 0 aliphatic carbocycles. The summed E-state index contributed by atoms with van der Waals surface area (Å²) in [7, 11) is 0. The third-order valence-electron chi connectivity index (χ3n) is 3.87. The Morgan fingerprint density at radius 2 is 2.00 bits per heavy atom. The summed E-state index contributed by atoms with van der Waals surface area (Å²) in [5, 5.41) is 9.71. The van der Waals surface area contributed by atoms with Gasteiger partial charge in [0.15, 0.2) is 0 Å². The Bertz CT molecular complexity index is 189. The van der Waals surface area contributed by atoms with Crippen LogP contribution in [0, 0.1) is 11.3 Å². The Balaban J connectivity index is 2.44. The maximum absolute atomic E-state index is 9.71. The van der Waals surface area contributed by atoms with E-state index in [1.54, 1.807) is 0 Å². The summed E-state index contributed by atoms with van der Waals surface area (Å²) in [6, 6.07) is 0. The van der Waals surface area contributed by atoms with Crippen molar-refractivity contribution in [3.05, 3.63) is 0 Å². The minimum Gasteiger partial charge on any atom is -0.393 e. The Labute approximate surface area is 94.7 Å². The number of nitrogens with zero attached hydrogens (tertiary/aromatic N) is 1. The zero-order valence-corrected chi connectivity index (χ0v) is 10.8. The second-order valence-corrected chi connectivity index (χ2v) is 5.98. The summed E-state index contributed by atoms with van der Waals surface area (Å²) in [6.45, 7) is 12.0. The molecule has 0 aromatic heterocycles. The first-order chi connectivity index (χ1) is 6.92. The lowest BCUT2D eigenvalue weighted by atomic mass is 9.87. The molecule has 0 radical (unpaired) electrons. The van der Waals surface area contributed by atoms with E-state index in [0.717, 1.165) is 12.5 Å². The van der Waals surface area contributed by atoms with E-state index in [1.165, 1.54) is 32.4 Å². The first-order valence-corrected chi connectivity index (χ1v) is 6.32. The minimum atomic E-state index is -0.224. The molecule has 2 unspecified atom stereocenters. The Kier molecular flexibility index (Phi) is 4.60. The van der Waals surface area contributed by atoms with Crippen LogP contribution in [0.25, 0.3) is 0 Å². The van der Waals surface area contributed by atoms with Crippen molar-refractivity contribution in [2.45, 2.75) is 53.1 Å². The fraction of sp³-hybridized carbons (Fsp3) is 1.00. The zero-order chi connectivity index (χ0) is 11.5. The van der Waals surface area contributed by atoms with Crippen molar-refractivity contribution in [1.82, 2.24) is 4.90 Å². The smallest absolute Gasteiger partial charge is 0.0575 e. The summed E-state index contributed by atoms with van der Waals surface area (Å²) < 4.78 is 0. The average Bonchev–Trinajstić information content (AvgIpc) is 2.30. The number of rotatable bonds is 3. The van der Waals surface area contributed by atoms with E-state index < -0.39 is 0 Å². The molecule has 90 valence electrons. The lowest BCUT2D eigenvalue weighted by molar-refractivity contribution is 0.0351. The SMILES string of the molecule is CC1CCCN(CC(C)(C)C(C)O)CC1. The van der Waals surface area contributed by atoms with Crippen molar-refractivity contribution in [2.75, 3.05) is 19.6 Å². The van der Waals surface area contributed by atoms with Crippen LogP contribution < -0.4 is 0 Å². The topological polar surface area (TPSA) is 23.5 Å². The van der Waals surface area contributed by atoms with Crippen molar-refractivity contribution >= 4 is 0 Å². The van der Waals surface area contributed by atoms with Crippen LogP contribution in [0.5, 0.6) is 0 Å². The molecule has 2 atom stereocenters. The van der Waals surface area contributed by atoms with Gasteiger partial charge >= 0.3 is 0 Å². The van der Waals surface area contributed by atoms with Crippen LogP contribution in [-0.4, -0.2) is 35.7 Å². The third-order valence-corrected chi connectivity index (χ3v) is 3.87. The summed E-state index contributed by atoms with van der Waals surface area (Å²) >= 11 is 0. The van der Waals surface area contributed by atoms with E-state index in [1.807, 2.05) is 6.92 Å². The van der Waals surface area contributed by atoms with Gasteiger partial charge in [-0.1, -0.05) is 20.8 Å². The van der Waals surface area contributed by atoms with Crippen LogP contribution in [0.1, 0.15) is 47.0 Å². The van der Waals surface area contributed by atoms with Crippen molar-refractivity contribution < 1.29 is 5.11 Å². The summed E-state index contributed by atoms with van der Waals surface area (Å²) in [5.41, 5.74) is 0.0214. The Hall–Kier alpha value is -0.0800. The Morgan fingerprint density at radius 1 is 1.33 bits per heavy atom. The van der Waals surface area contributed by atoms with Gasteiger partial charge in [0.2, 0.25) is 0 Å². The zero-order valence-electron chi connectivity index (χ0n) is 10.8. The first-order valence-electron chi connectivity index (χ1n) is 6.32. The van der Waals surface area contributed by atoms with Crippen molar-refractivity contribution in [2.24, 2.45) is 11.3 Å². The molecule has 1 fully saturated rings. The highest BCUT2D eigenvalue weighted by molar-refractivity contribution is 4.80. The molecule has 15 heavy (non-hydrogen) atoms. The molecule has 1 saturated heterocycles. The molecule has 1 aliphatic rings. The molecule has 0 amide bonds. The van der Waals surface area contributed by atoms with Crippen molar-refractivity contribution in [3.63, 3.8) is 0 Å². The molecule has 1 rings (SSSR count). The standard InChI is InChI=1S/C13H27NO/c1-11-6-5-8-14(9-7-11)10-13(3,4)12(2)15/h11-12,15H,5-10H2,1-4H3. The highest BCUT2D eigenvalue weighted by Gasteiger charge is 2.27. The van der Waals surface area contributed by atoms with Crippen LogP contribution in [-0.2, 0) is 0 Å². The maximum atomic E-state index is 9.71. The molecular formula is C13H27NO. The van der Waals surface area contributed by atoms with Gasteiger partial charge in [-0.15, -0.1) is 0 Å². The summed E-state index contributed by atoms with van der Waals surface area (Å²) in [4.78, 5) is 2.52.